The Morgan fingerprint density at radius 2 is 1.71 bits per heavy atom. The third-order valence-corrected chi connectivity index (χ3v) is 6.90. The summed E-state index contributed by atoms with van der Waals surface area (Å²) in [6.07, 6.45) is -0.892. The van der Waals surface area contributed by atoms with Crippen molar-refractivity contribution in [1.29, 1.82) is 21.2 Å². The molecule has 2 aliphatic heterocycles. The number of hydrogen-bond acceptors (Lipinski definition) is 6. The lowest BCUT2D eigenvalue weighted by atomic mass is 9.53. The SMILES string of the molecule is CC1C2(c3ccc(Cl)cc3Cl)OC(=N)C1(C#N)C(C#N)(C#N)C(Cc1ccccc1)O2. The molecule has 2 aromatic carbocycles. The van der Waals surface area contributed by atoms with E-state index in [2.05, 4.69) is 6.07 Å². The molecule has 2 heterocycles. The Morgan fingerprint density at radius 3 is 2.29 bits per heavy atom. The van der Waals surface area contributed by atoms with Crippen LogP contribution in [0.15, 0.2) is 48.5 Å². The van der Waals surface area contributed by atoms with Crippen LogP contribution in [-0.4, -0.2) is 12.0 Å². The van der Waals surface area contributed by atoms with Gasteiger partial charge in [0.2, 0.25) is 11.7 Å². The van der Waals surface area contributed by atoms with E-state index in [0.717, 1.165) is 5.56 Å². The molecule has 1 N–H and O–H groups in total. The van der Waals surface area contributed by atoms with Crippen LogP contribution in [0.5, 0.6) is 0 Å². The molecule has 0 aliphatic carbocycles. The highest BCUT2D eigenvalue weighted by Crippen LogP contribution is 2.66. The highest BCUT2D eigenvalue weighted by Gasteiger charge is 2.79. The van der Waals surface area contributed by atoms with E-state index in [1.807, 2.05) is 42.5 Å². The van der Waals surface area contributed by atoms with Gasteiger partial charge in [-0.2, -0.15) is 15.8 Å². The van der Waals surface area contributed by atoms with E-state index in [1.54, 1.807) is 19.1 Å². The van der Waals surface area contributed by atoms with E-state index < -0.39 is 34.5 Å². The second-order valence-corrected chi connectivity index (χ2v) is 8.54. The van der Waals surface area contributed by atoms with Crippen LogP contribution in [-0.2, 0) is 21.7 Å². The fourth-order valence-corrected chi connectivity index (χ4v) is 5.27. The maximum Gasteiger partial charge on any atom is 0.245 e. The monoisotopic (exact) mass is 450 g/mol. The van der Waals surface area contributed by atoms with Crippen molar-refractivity contribution in [3.8, 4) is 18.2 Å². The van der Waals surface area contributed by atoms with Crippen molar-refractivity contribution in [3.05, 3.63) is 69.7 Å². The quantitative estimate of drug-likeness (QED) is 0.708. The molecular formula is C23H16Cl2N4O2. The van der Waals surface area contributed by atoms with E-state index in [0.29, 0.717) is 10.6 Å². The molecule has 4 unspecified atom stereocenters. The van der Waals surface area contributed by atoms with Gasteiger partial charge in [-0.15, -0.1) is 0 Å². The fraction of sp³-hybridized carbons (Fsp3) is 0.304. The first-order valence-electron chi connectivity index (χ1n) is 9.50. The Kier molecular flexibility index (Phi) is 4.95. The Hall–Kier alpha value is -3.08. The van der Waals surface area contributed by atoms with Crippen molar-refractivity contribution in [1.82, 2.24) is 0 Å². The lowest BCUT2D eigenvalue weighted by Gasteiger charge is -2.49. The number of ether oxygens (including phenoxy) is 2. The number of nitrogens with zero attached hydrogens (tertiary/aromatic N) is 3. The number of hydrogen-bond donors (Lipinski definition) is 1. The first-order valence-corrected chi connectivity index (χ1v) is 10.3. The zero-order valence-corrected chi connectivity index (χ0v) is 17.9. The molecule has 2 saturated heterocycles. The third-order valence-electron chi connectivity index (χ3n) is 6.35. The molecule has 31 heavy (non-hydrogen) atoms. The molecule has 0 saturated carbocycles. The van der Waals surface area contributed by atoms with E-state index in [4.69, 9.17) is 38.1 Å². The lowest BCUT2D eigenvalue weighted by molar-refractivity contribution is -0.284. The molecular weight excluding hydrogens is 435 g/mol. The van der Waals surface area contributed by atoms with Crippen LogP contribution in [0, 0.1) is 56.2 Å². The predicted octanol–water partition coefficient (Wildman–Crippen LogP) is 4.97. The Bertz CT molecular complexity index is 1180. The van der Waals surface area contributed by atoms with Crippen LogP contribution < -0.4 is 0 Å². The van der Waals surface area contributed by atoms with Crippen LogP contribution in [0.2, 0.25) is 10.0 Å². The molecule has 0 spiro atoms. The van der Waals surface area contributed by atoms with Gasteiger partial charge < -0.3 is 9.47 Å². The van der Waals surface area contributed by atoms with E-state index in [9.17, 15) is 15.8 Å². The number of halogens is 2. The molecule has 2 bridgehead atoms. The maximum absolute atomic E-state index is 10.3. The normalized spacial score (nSPS) is 30.5. The first kappa shape index (κ1) is 21.2. The lowest BCUT2D eigenvalue weighted by Crippen LogP contribution is -2.61. The highest BCUT2D eigenvalue weighted by atomic mass is 35.5. The Labute approximate surface area is 189 Å². The summed E-state index contributed by atoms with van der Waals surface area (Å²) in [6.45, 7) is 1.64. The maximum atomic E-state index is 10.3. The van der Waals surface area contributed by atoms with Crippen LogP contribution in [0.25, 0.3) is 0 Å². The molecule has 154 valence electrons. The molecule has 0 aromatic heterocycles. The minimum Gasteiger partial charge on any atom is -0.443 e. The van der Waals surface area contributed by atoms with Crippen molar-refractivity contribution in [2.75, 3.05) is 0 Å². The molecule has 6 nitrogen and oxygen atoms in total. The molecule has 0 amide bonds. The summed E-state index contributed by atoms with van der Waals surface area (Å²) in [5.41, 5.74) is -2.62. The number of rotatable bonds is 3. The molecule has 0 radical (unpaired) electrons. The summed E-state index contributed by atoms with van der Waals surface area (Å²) in [7, 11) is 0. The molecule has 2 aliphatic rings. The number of fused-ring (bicyclic) bond motifs is 2. The third kappa shape index (κ3) is 2.62. The summed E-state index contributed by atoms with van der Waals surface area (Å²) in [4.78, 5) is 0. The number of nitriles is 3. The van der Waals surface area contributed by atoms with Crippen molar-refractivity contribution in [2.45, 2.75) is 25.2 Å². The van der Waals surface area contributed by atoms with Crippen molar-refractivity contribution in [2.24, 2.45) is 16.7 Å². The number of nitrogens with one attached hydrogen (secondary N) is 1. The minimum absolute atomic E-state index is 0.168. The average Bonchev–Trinajstić information content (AvgIpc) is 2.92. The standard InChI is InChI=1S/C23H16Cl2N4O2/c1-14-22(13-28)20(29)31-23(14,17-8-7-16(24)10-18(17)25)30-19(21(22,11-26)12-27)9-15-5-3-2-4-6-15/h2-8,10,14,19,29H,9H2,1H3. The van der Waals surface area contributed by atoms with Crippen LogP contribution >= 0.6 is 23.2 Å². The van der Waals surface area contributed by atoms with Gasteiger partial charge in [0.1, 0.15) is 6.10 Å². The van der Waals surface area contributed by atoms with Gasteiger partial charge in [0, 0.05) is 17.0 Å². The zero-order valence-electron chi connectivity index (χ0n) is 16.4. The van der Waals surface area contributed by atoms with Crippen LogP contribution in [0.1, 0.15) is 18.1 Å². The van der Waals surface area contributed by atoms with Gasteiger partial charge >= 0.3 is 0 Å². The van der Waals surface area contributed by atoms with Crippen molar-refractivity contribution in [3.63, 3.8) is 0 Å². The molecule has 2 fully saturated rings. The molecule has 4 atom stereocenters. The summed E-state index contributed by atoms with van der Waals surface area (Å²) in [5.74, 6) is -2.97. The average molecular weight is 451 g/mol. The van der Waals surface area contributed by atoms with Crippen LogP contribution in [0.3, 0.4) is 0 Å². The summed E-state index contributed by atoms with van der Waals surface area (Å²) < 4.78 is 12.3. The minimum atomic E-state index is -1.97. The summed E-state index contributed by atoms with van der Waals surface area (Å²) >= 11 is 12.5. The van der Waals surface area contributed by atoms with Gasteiger partial charge in [-0.25, -0.2) is 0 Å². The van der Waals surface area contributed by atoms with E-state index >= 15 is 0 Å². The fourth-order valence-electron chi connectivity index (χ4n) is 4.73. The Balaban J connectivity index is 1.97. The van der Waals surface area contributed by atoms with Gasteiger partial charge in [0.05, 0.1) is 29.1 Å². The van der Waals surface area contributed by atoms with Gasteiger partial charge in [0.15, 0.2) is 10.8 Å². The second kappa shape index (κ2) is 7.26. The highest BCUT2D eigenvalue weighted by molar-refractivity contribution is 6.35. The second-order valence-electron chi connectivity index (χ2n) is 7.69. The summed E-state index contributed by atoms with van der Waals surface area (Å²) in [5, 5.41) is 39.9. The molecule has 4 rings (SSSR count). The van der Waals surface area contributed by atoms with Gasteiger partial charge in [-0.3, -0.25) is 5.41 Å². The van der Waals surface area contributed by atoms with E-state index in [-0.39, 0.29) is 11.4 Å². The first-order chi connectivity index (χ1) is 14.8. The zero-order chi connectivity index (χ0) is 22.4. The van der Waals surface area contributed by atoms with Gasteiger partial charge in [0.25, 0.3) is 0 Å². The predicted molar refractivity (Wildman–Crippen MR) is 113 cm³/mol. The largest absolute Gasteiger partial charge is 0.443 e. The summed E-state index contributed by atoms with van der Waals surface area (Å²) in [6, 6.07) is 20.1. The van der Waals surface area contributed by atoms with Crippen LogP contribution in [0.4, 0.5) is 0 Å². The van der Waals surface area contributed by atoms with Gasteiger partial charge in [-0.1, -0.05) is 60.5 Å². The van der Waals surface area contributed by atoms with Gasteiger partial charge in [-0.05, 0) is 23.8 Å². The molecule has 8 heteroatoms. The number of benzene rings is 2. The topological polar surface area (TPSA) is 114 Å². The Morgan fingerprint density at radius 1 is 1.03 bits per heavy atom. The molecule has 2 aromatic rings. The van der Waals surface area contributed by atoms with Crippen molar-refractivity contribution < 1.29 is 9.47 Å². The smallest absolute Gasteiger partial charge is 0.245 e. The van der Waals surface area contributed by atoms with Crippen molar-refractivity contribution >= 4 is 29.1 Å². The van der Waals surface area contributed by atoms with E-state index in [1.165, 1.54) is 6.07 Å².